The van der Waals surface area contributed by atoms with Crippen LogP contribution in [0.15, 0.2) is 30.3 Å². The Kier molecular flexibility index (Phi) is 4.20. The van der Waals surface area contributed by atoms with E-state index in [2.05, 4.69) is 9.97 Å². The molecule has 0 bridgehead atoms. The Morgan fingerprint density at radius 1 is 1.39 bits per heavy atom. The summed E-state index contributed by atoms with van der Waals surface area (Å²) in [5.74, 6) is 0.503. The molecule has 0 amide bonds. The van der Waals surface area contributed by atoms with E-state index in [-0.39, 0.29) is 0 Å². The molecule has 1 N–H and O–H groups in total. The maximum atomic E-state index is 10.9. The van der Waals surface area contributed by atoms with Crippen molar-refractivity contribution in [3.8, 4) is 6.07 Å². The van der Waals surface area contributed by atoms with E-state index in [1.54, 1.807) is 6.07 Å². The van der Waals surface area contributed by atoms with E-state index in [0.29, 0.717) is 42.6 Å². The van der Waals surface area contributed by atoms with Gasteiger partial charge in [0.25, 0.3) is 0 Å². The summed E-state index contributed by atoms with van der Waals surface area (Å²) < 4.78 is 0. The second-order valence-corrected chi connectivity index (χ2v) is 6.45. The molecule has 118 valence electrons. The van der Waals surface area contributed by atoms with Gasteiger partial charge in [0, 0.05) is 30.2 Å². The second-order valence-electron chi connectivity index (χ2n) is 6.01. The van der Waals surface area contributed by atoms with Crippen LogP contribution in [0.3, 0.4) is 0 Å². The molecule has 1 aliphatic heterocycles. The van der Waals surface area contributed by atoms with E-state index in [1.807, 2.05) is 42.2 Å². The fourth-order valence-electron chi connectivity index (χ4n) is 2.95. The third-order valence-corrected chi connectivity index (χ3v) is 4.23. The number of nitriles is 1. The van der Waals surface area contributed by atoms with Crippen LogP contribution in [0.5, 0.6) is 0 Å². The number of hydrogen-bond acceptors (Lipinski definition) is 5. The van der Waals surface area contributed by atoms with Gasteiger partial charge in [-0.3, -0.25) is 0 Å². The predicted octanol–water partition coefficient (Wildman–Crippen LogP) is 2.49. The van der Waals surface area contributed by atoms with Crippen LogP contribution < -0.4 is 4.90 Å². The molecule has 0 aliphatic carbocycles. The molecule has 23 heavy (non-hydrogen) atoms. The highest BCUT2D eigenvalue weighted by molar-refractivity contribution is 6.30. The summed E-state index contributed by atoms with van der Waals surface area (Å²) in [5.41, 5.74) is 1.25. The van der Waals surface area contributed by atoms with E-state index in [1.165, 1.54) is 0 Å². The van der Waals surface area contributed by atoms with Crippen LogP contribution in [-0.4, -0.2) is 33.8 Å². The highest BCUT2D eigenvalue weighted by Crippen LogP contribution is 2.28. The van der Waals surface area contributed by atoms with E-state index < -0.39 is 5.60 Å². The van der Waals surface area contributed by atoms with Crippen molar-refractivity contribution in [1.82, 2.24) is 9.97 Å². The van der Waals surface area contributed by atoms with Crippen molar-refractivity contribution in [2.75, 3.05) is 18.0 Å². The van der Waals surface area contributed by atoms with E-state index in [4.69, 9.17) is 16.9 Å². The monoisotopic (exact) mass is 328 g/mol. The molecule has 0 spiro atoms. The van der Waals surface area contributed by atoms with Gasteiger partial charge in [-0.1, -0.05) is 23.7 Å². The second kappa shape index (κ2) is 6.15. The summed E-state index contributed by atoms with van der Waals surface area (Å²) in [6, 6.07) is 11.2. The zero-order chi connectivity index (χ0) is 16.4. The first kappa shape index (κ1) is 15.7. The number of aryl methyl sites for hydroxylation is 1. The number of aliphatic hydroxyl groups is 1. The van der Waals surface area contributed by atoms with Gasteiger partial charge in [-0.15, -0.1) is 0 Å². The summed E-state index contributed by atoms with van der Waals surface area (Å²) in [6.45, 7) is 2.93. The van der Waals surface area contributed by atoms with Crippen LogP contribution in [0.1, 0.15) is 23.4 Å². The first-order valence-electron chi connectivity index (χ1n) is 7.45. The maximum absolute atomic E-state index is 10.9. The Hall–Kier alpha value is -2.16. The average Bonchev–Trinajstić information content (AvgIpc) is 2.88. The van der Waals surface area contributed by atoms with Crippen molar-refractivity contribution in [3.63, 3.8) is 0 Å². The lowest BCUT2D eigenvalue weighted by molar-refractivity contribution is 0.0636. The molecule has 1 atom stereocenters. The molecular weight excluding hydrogens is 312 g/mol. The fourth-order valence-corrected chi connectivity index (χ4v) is 3.16. The molecule has 1 fully saturated rings. The predicted molar refractivity (Wildman–Crippen MR) is 88.4 cm³/mol. The summed E-state index contributed by atoms with van der Waals surface area (Å²) in [5, 5.41) is 20.6. The molecule has 0 radical (unpaired) electrons. The van der Waals surface area contributed by atoms with Gasteiger partial charge in [-0.2, -0.15) is 5.26 Å². The lowest BCUT2D eigenvalue weighted by atomic mass is 9.94. The third-order valence-electron chi connectivity index (χ3n) is 3.99. The zero-order valence-electron chi connectivity index (χ0n) is 12.8. The number of nitrogens with zero attached hydrogens (tertiary/aromatic N) is 4. The Balaban J connectivity index is 1.77. The van der Waals surface area contributed by atoms with E-state index in [9.17, 15) is 5.11 Å². The highest BCUT2D eigenvalue weighted by atomic mass is 35.5. The topological polar surface area (TPSA) is 73.0 Å². The minimum atomic E-state index is -0.843. The Morgan fingerprint density at radius 3 is 2.96 bits per heavy atom. The van der Waals surface area contributed by atoms with E-state index >= 15 is 0 Å². The summed E-state index contributed by atoms with van der Waals surface area (Å²) in [4.78, 5) is 10.6. The minimum Gasteiger partial charge on any atom is -0.388 e. The van der Waals surface area contributed by atoms with Crippen molar-refractivity contribution in [2.24, 2.45) is 0 Å². The number of benzene rings is 1. The standard InChI is InChI=1S/C17H17ClN4O/c1-12-7-15(10-19)21-16(20-12)22-6-5-17(23,11-22)9-13-3-2-4-14(18)8-13/h2-4,7-8,23H,5-6,9,11H2,1H3. The molecule has 1 aromatic heterocycles. The van der Waals surface area contributed by atoms with Crippen LogP contribution in [0.4, 0.5) is 5.95 Å². The highest BCUT2D eigenvalue weighted by Gasteiger charge is 2.37. The Bertz CT molecular complexity index is 773. The Morgan fingerprint density at radius 2 is 2.22 bits per heavy atom. The molecule has 2 aromatic rings. The molecule has 6 heteroatoms. The normalized spacial score (nSPS) is 20.5. The molecule has 2 heterocycles. The first-order valence-corrected chi connectivity index (χ1v) is 7.83. The number of anilines is 1. The third kappa shape index (κ3) is 3.61. The van der Waals surface area contributed by atoms with Gasteiger partial charge in [-0.25, -0.2) is 9.97 Å². The van der Waals surface area contributed by atoms with Crippen LogP contribution in [-0.2, 0) is 6.42 Å². The average molecular weight is 329 g/mol. The Labute approximate surface area is 140 Å². The van der Waals surface area contributed by atoms with Crippen LogP contribution in [0.2, 0.25) is 5.02 Å². The lowest BCUT2D eigenvalue weighted by Gasteiger charge is -2.23. The zero-order valence-corrected chi connectivity index (χ0v) is 13.6. The van der Waals surface area contributed by atoms with Crippen molar-refractivity contribution >= 4 is 17.5 Å². The van der Waals surface area contributed by atoms with Crippen LogP contribution >= 0.6 is 11.6 Å². The van der Waals surface area contributed by atoms with Gasteiger partial charge in [0.1, 0.15) is 11.8 Å². The summed E-state index contributed by atoms with van der Waals surface area (Å²) in [7, 11) is 0. The number of halogens is 1. The SMILES string of the molecule is Cc1cc(C#N)nc(N2CCC(O)(Cc3cccc(Cl)c3)C2)n1. The largest absolute Gasteiger partial charge is 0.388 e. The molecule has 3 rings (SSSR count). The van der Waals surface area contributed by atoms with Crippen LogP contribution in [0, 0.1) is 18.3 Å². The van der Waals surface area contributed by atoms with Gasteiger partial charge < -0.3 is 10.0 Å². The van der Waals surface area contributed by atoms with Gasteiger partial charge in [0.15, 0.2) is 0 Å². The molecule has 1 saturated heterocycles. The fraction of sp³-hybridized carbons (Fsp3) is 0.353. The molecule has 1 aromatic carbocycles. The maximum Gasteiger partial charge on any atom is 0.226 e. The van der Waals surface area contributed by atoms with Gasteiger partial charge in [-0.05, 0) is 37.1 Å². The number of β-amino-alcohol motifs (C(OH)–C–C–N with tert-alkyl or cyclic N) is 1. The van der Waals surface area contributed by atoms with Gasteiger partial charge in [0.2, 0.25) is 5.95 Å². The van der Waals surface area contributed by atoms with Crippen molar-refractivity contribution in [1.29, 1.82) is 5.26 Å². The van der Waals surface area contributed by atoms with Crippen molar-refractivity contribution in [3.05, 3.63) is 52.3 Å². The molecule has 0 saturated carbocycles. The summed E-state index contributed by atoms with van der Waals surface area (Å²) in [6.07, 6.45) is 1.15. The molecule has 1 unspecified atom stereocenters. The van der Waals surface area contributed by atoms with Crippen molar-refractivity contribution < 1.29 is 5.11 Å². The van der Waals surface area contributed by atoms with Crippen molar-refractivity contribution in [2.45, 2.75) is 25.4 Å². The molecule has 1 aliphatic rings. The quantitative estimate of drug-likeness (QED) is 0.937. The molecular formula is C17H17ClN4O. The number of aromatic nitrogens is 2. The lowest BCUT2D eigenvalue weighted by Crippen LogP contribution is -2.36. The summed E-state index contributed by atoms with van der Waals surface area (Å²) >= 11 is 6.01. The van der Waals surface area contributed by atoms with Gasteiger partial charge in [0.05, 0.1) is 5.60 Å². The molecule has 5 nitrogen and oxygen atoms in total. The number of hydrogen-bond donors (Lipinski definition) is 1. The smallest absolute Gasteiger partial charge is 0.226 e. The van der Waals surface area contributed by atoms with E-state index in [0.717, 1.165) is 11.3 Å². The van der Waals surface area contributed by atoms with Gasteiger partial charge >= 0.3 is 0 Å². The first-order chi connectivity index (χ1) is 11.0. The number of rotatable bonds is 3. The van der Waals surface area contributed by atoms with Crippen LogP contribution in [0.25, 0.3) is 0 Å². The minimum absolute atomic E-state index is 0.345.